The molecular weight excluding hydrogens is 228 g/mol. The van der Waals surface area contributed by atoms with E-state index in [0.717, 1.165) is 6.42 Å². The predicted octanol–water partition coefficient (Wildman–Crippen LogP) is 3.64. The number of carboxylic acid groups (broad SMARTS) is 1. The molecule has 3 heteroatoms. The summed E-state index contributed by atoms with van der Waals surface area (Å²) in [5, 5.41) is 16.6. The normalized spacial score (nSPS) is 11.3. The molecule has 0 fully saturated rings. The minimum Gasteiger partial charge on any atom is -0.481 e. The van der Waals surface area contributed by atoms with Gasteiger partial charge in [0.2, 0.25) is 0 Å². The van der Waals surface area contributed by atoms with Gasteiger partial charge in [-0.15, -0.1) is 0 Å². The van der Waals surface area contributed by atoms with Crippen LogP contribution < -0.4 is 0 Å². The molecule has 0 aromatic heterocycles. The largest absolute Gasteiger partial charge is 0.481 e. The second kappa shape index (κ2) is 14.0. The number of rotatable bonds is 7. The summed E-state index contributed by atoms with van der Waals surface area (Å²) in [6, 6.07) is 0. The van der Waals surface area contributed by atoms with E-state index in [1.54, 1.807) is 0 Å². The number of aliphatic carboxylic acids is 1. The van der Waals surface area contributed by atoms with Gasteiger partial charge in [-0.2, -0.15) is 0 Å². The predicted molar refractivity (Wildman–Crippen MR) is 76.5 cm³/mol. The van der Waals surface area contributed by atoms with Crippen LogP contribution in [0.5, 0.6) is 0 Å². The first kappa shape index (κ1) is 19.3. The Hall–Kier alpha value is -1.09. The third-order valence-electron chi connectivity index (χ3n) is 1.86. The zero-order valence-electron chi connectivity index (χ0n) is 12.1. The van der Waals surface area contributed by atoms with E-state index in [-0.39, 0.29) is 13.0 Å². The first-order chi connectivity index (χ1) is 8.40. The van der Waals surface area contributed by atoms with Crippen molar-refractivity contribution in [2.75, 3.05) is 6.61 Å². The van der Waals surface area contributed by atoms with Crippen molar-refractivity contribution in [2.45, 2.75) is 47.0 Å². The van der Waals surface area contributed by atoms with Crippen molar-refractivity contribution in [1.82, 2.24) is 0 Å². The molecule has 3 nitrogen and oxygen atoms in total. The quantitative estimate of drug-likeness (QED) is 0.684. The van der Waals surface area contributed by atoms with Crippen molar-refractivity contribution in [1.29, 1.82) is 0 Å². The third kappa shape index (κ3) is 24.2. The molecule has 0 heterocycles. The molecule has 0 saturated heterocycles. The lowest BCUT2D eigenvalue weighted by Crippen LogP contribution is -1.91. The molecule has 0 aliphatic heterocycles. The van der Waals surface area contributed by atoms with Crippen molar-refractivity contribution < 1.29 is 15.0 Å². The smallest absolute Gasteiger partial charge is 0.303 e. The van der Waals surface area contributed by atoms with Crippen LogP contribution in [-0.2, 0) is 4.79 Å². The molecule has 0 aromatic rings. The maximum Gasteiger partial charge on any atom is 0.303 e. The molecule has 106 valence electrons. The number of hydrogen-bond acceptors (Lipinski definition) is 2. The number of carbonyl (C=O) groups is 1. The Morgan fingerprint density at radius 3 is 1.78 bits per heavy atom. The summed E-state index contributed by atoms with van der Waals surface area (Å²) in [5.41, 5.74) is 0. The number of carboxylic acids is 1. The fourth-order valence-corrected chi connectivity index (χ4v) is 1.02. The first-order valence-corrected chi connectivity index (χ1v) is 6.56. The van der Waals surface area contributed by atoms with Gasteiger partial charge in [0.25, 0.3) is 0 Å². The van der Waals surface area contributed by atoms with E-state index in [2.05, 4.69) is 33.8 Å². The van der Waals surface area contributed by atoms with Crippen LogP contribution >= 0.6 is 0 Å². The molecule has 0 unspecified atom stereocenters. The molecule has 0 aliphatic carbocycles. The van der Waals surface area contributed by atoms with Crippen molar-refractivity contribution >= 4 is 5.97 Å². The summed E-state index contributed by atoms with van der Waals surface area (Å²) in [6.07, 6.45) is 9.71. The van der Waals surface area contributed by atoms with Crippen LogP contribution in [-0.4, -0.2) is 22.8 Å². The number of aliphatic hydroxyl groups is 1. The standard InChI is InChI=1S/C8H14O2.C7H14O/c1-7(2)5-3-4-6-8(9)10;1-7(2)5-3-4-6-8/h3,5,7H,4,6H2,1-2H3,(H,9,10);3,5,7-8H,4,6H2,1-2H3/b2*5-3+. The zero-order valence-corrected chi connectivity index (χ0v) is 12.1. The lowest BCUT2D eigenvalue weighted by molar-refractivity contribution is -0.136. The topological polar surface area (TPSA) is 57.5 Å². The Labute approximate surface area is 111 Å². The monoisotopic (exact) mass is 256 g/mol. The average Bonchev–Trinajstić information content (AvgIpc) is 2.25. The van der Waals surface area contributed by atoms with E-state index >= 15 is 0 Å². The Bertz CT molecular complexity index is 240. The van der Waals surface area contributed by atoms with Crippen LogP contribution in [0.15, 0.2) is 24.3 Å². The lowest BCUT2D eigenvalue weighted by Gasteiger charge is -1.91. The second-order valence-corrected chi connectivity index (χ2v) is 4.79. The van der Waals surface area contributed by atoms with Gasteiger partial charge in [-0.3, -0.25) is 4.79 Å². The van der Waals surface area contributed by atoms with Crippen molar-refractivity contribution in [3.8, 4) is 0 Å². The van der Waals surface area contributed by atoms with Gasteiger partial charge in [-0.1, -0.05) is 52.0 Å². The summed E-state index contributed by atoms with van der Waals surface area (Å²) in [7, 11) is 0. The van der Waals surface area contributed by atoms with E-state index in [1.807, 2.05) is 18.2 Å². The van der Waals surface area contributed by atoms with E-state index in [4.69, 9.17) is 10.2 Å². The molecule has 0 aliphatic rings. The highest BCUT2D eigenvalue weighted by atomic mass is 16.4. The van der Waals surface area contributed by atoms with E-state index < -0.39 is 5.97 Å². The highest BCUT2D eigenvalue weighted by Gasteiger charge is 1.91. The van der Waals surface area contributed by atoms with Gasteiger partial charge in [0, 0.05) is 13.0 Å². The van der Waals surface area contributed by atoms with Gasteiger partial charge in [0.1, 0.15) is 0 Å². The molecule has 2 N–H and O–H groups in total. The fourth-order valence-electron chi connectivity index (χ4n) is 1.02. The van der Waals surface area contributed by atoms with Gasteiger partial charge in [-0.25, -0.2) is 0 Å². The van der Waals surface area contributed by atoms with Gasteiger partial charge in [0.15, 0.2) is 0 Å². The Kier molecular flexibility index (Phi) is 14.9. The minimum absolute atomic E-state index is 0.239. The molecular formula is C15H28O3. The molecule has 18 heavy (non-hydrogen) atoms. The molecule has 0 saturated carbocycles. The van der Waals surface area contributed by atoms with Crippen LogP contribution in [0, 0.1) is 11.8 Å². The SMILES string of the molecule is CC(C)/C=C/CCC(=O)O.CC(C)/C=C/CCO. The van der Waals surface area contributed by atoms with Gasteiger partial charge >= 0.3 is 5.97 Å². The van der Waals surface area contributed by atoms with E-state index in [9.17, 15) is 4.79 Å². The second-order valence-electron chi connectivity index (χ2n) is 4.79. The summed E-state index contributed by atoms with van der Waals surface area (Å²) in [4.78, 5) is 10.0. The van der Waals surface area contributed by atoms with Crippen LogP contribution in [0.2, 0.25) is 0 Å². The highest BCUT2D eigenvalue weighted by Crippen LogP contribution is 1.97. The fraction of sp³-hybridized carbons (Fsp3) is 0.667. The summed E-state index contributed by atoms with van der Waals surface area (Å²) in [5.74, 6) is 0.406. The average molecular weight is 256 g/mol. The molecule has 0 spiro atoms. The maximum absolute atomic E-state index is 10.0. The zero-order chi connectivity index (χ0) is 14.4. The number of allylic oxidation sites excluding steroid dienone is 3. The Morgan fingerprint density at radius 1 is 1.00 bits per heavy atom. The molecule has 0 rings (SSSR count). The van der Waals surface area contributed by atoms with Gasteiger partial charge in [-0.05, 0) is 24.7 Å². The first-order valence-electron chi connectivity index (χ1n) is 6.56. The highest BCUT2D eigenvalue weighted by molar-refractivity contribution is 5.66. The number of hydrogen-bond donors (Lipinski definition) is 2. The van der Waals surface area contributed by atoms with Crippen LogP contribution in [0.25, 0.3) is 0 Å². The summed E-state index contributed by atoms with van der Waals surface area (Å²) < 4.78 is 0. The number of aliphatic hydroxyl groups excluding tert-OH is 1. The molecule has 0 amide bonds. The third-order valence-corrected chi connectivity index (χ3v) is 1.86. The summed E-state index contributed by atoms with van der Waals surface area (Å²) >= 11 is 0. The maximum atomic E-state index is 10.0. The molecule has 0 radical (unpaired) electrons. The lowest BCUT2D eigenvalue weighted by atomic mass is 10.2. The molecule has 0 atom stereocenters. The van der Waals surface area contributed by atoms with Crippen LogP contribution in [0.4, 0.5) is 0 Å². The van der Waals surface area contributed by atoms with Crippen LogP contribution in [0.3, 0.4) is 0 Å². The van der Waals surface area contributed by atoms with E-state index in [0.29, 0.717) is 18.3 Å². The van der Waals surface area contributed by atoms with Gasteiger partial charge in [0.05, 0.1) is 0 Å². The minimum atomic E-state index is -0.728. The van der Waals surface area contributed by atoms with Crippen molar-refractivity contribution in [2.24, 2.45) is 11.8 Å². The summed E-state index contributed by atoms with van der Waals surface area (Å²) in [6.45, 7) is 8.64. The van der Waals surface area contributed by atoms with Gasteiger partial charge < -0.3 is 10.2 Å². The van der Waals surface area contributed by atoms with E-state index in [1.165, 1.54) is 0 Å². The Morgan fingerprint density at radius 2 is 1.44 bits per heavy atom. The molecule has 0 aromatic carbocycles. The van der Waals surface area contributed by atoms with Crippen LogP contribution in [0.1, 0.15) is 47.0 Å². The van der Waals surface area contributed by atoms with Crippen molar-refractivity contribution in [3.05, 3.63) is 24.3 Å². The van der Waals surface area contributed by atoms with Crippen molar-refractivity contribution in [3.63, 3.8) is 0 Å². The Balaban J connectivity index is 0. The molecule has 0 bridgehead atoms.